The van der Waals surface area contributed by atoms with Crippen molar-refractivity contribution in [2.45, 2.75) is 18.8 Å². The summed E-state index contributed by atoms with van der Waals surface area (Å²) in [5.41, 5.74) is 8.59. The van der Waals surface area contributed by atoms with E-state index in [2.05, 4.69) is 15.4 Å². The van der Waals surface area contributed by atoms with E-state index >= 15 is 0 Å². The lowest BCUT2D eigenvalue weighted by atomic mass is 9.95. The second-order valence-electron chi connectivity index (χ2n) is 4.23. The van der Waals surface area contributed by atoms with Gasteiger partial charge in [-0.05, 0) is 25.5 Å². The molecule has 3 N–H and O–H groups in total. The van der Waals surface area contributed by atoms with E-state index in [0.717, 1.165) is 36.5 Å². The number of nitrogens with one attached hydrogen (secondary N) is 1. The molecule has 5 heteroatoms. The maximum absolute atomic E-state index is 6.10. The quantitative estimate of drug-likeness (QED) is 0.740. The van der Waals surface area contributed by atoms with E-state index in [9.17, 15) is 0 Å². The molecule has 1 unspecified atom stereocenters. The molecule has 1 atom stereocenters. The molecule has 0 aliphatic carbocycles. The SMILES string of the molecule is Nc1c(C2CCCNC2)nn2cccnc12. The van der Waals surface area contributed by atoms with E-state index in [1.54, 1.807) is 10.7 Å². The highest BCUT2D eigenvalue weighted by atomic mass is 15.3. The van der Waals surface area contributed by atoms with Crippen LogP contribution in [0.4, 0.5) is 5.69 Å². The summed E-state index contributed by atoms with van der Waals surface area (Å²) in [5, 5.41) is 7.90. The maximum Gasteiger partial charge on any atom is 0.178 e. The molecule has 0 amide bonds. The first-order valence-electron chi connectivity index (χ1n) is 5.65. The average Bonchev–Trinajstić information content (AvgIpc) is 2.69. The molecule has 0 spiro atoms. The van der Waals surface area contributed by atoms with Gasteiger partial charge < -0.3 is 11.1 Å². The number of hydrogen-bond donors (Lipinski definition) is 2. The molecular weight excluding hydrogens is 202 g/mol. The van der Waals surface area contributed by atoms with Crippen LogP contribution in [0.3, 0.4) is 0 Å². The van der Waals surface area contributed by atoms with Gasteiger partial charge in [0.25, 0.3) is 0 Å². The molecule has 0 saturated carbocycles. The third-order valence-electron chi connectivity index (χ3n) is 3.14. The van der Waals surface area contributed by atoms with Crippen LogP contribution in [0.1, 0.15) is 24.5 Å². The molecule has 0 radical (unpaired) electrons. The zero-order chi connectivity index (χ0) is 11.0. The normalized spacial score (nSPS) is 21.4. The Morgan fingerprint density at radius 1 is 1.50 bits per heavy atom. The van der Waals surface area contributed by atoms with E-state index in [-0.39, 0.29) is 0 Å². The van der Waals surface area contributed by atoms with Crippen molar-refractivity contribution in [1.82, 2.24) is 19.9 Å². The second kappa shape index (κ2) is 3.75. The summed E-state index contributed by atoms with van der Waals surface area (Å²) >= 11 is 0. The molecule has 1 aliphatic heterocycles. The summed E-state index contributed by atoms with van der Waals surface area (Å²) in [6.07, 6.45) is 5.97. The molecule has 3 rings (SSSR count). The van der Waals surface area contributed by atoms with E-state index in [1.807, 2.05) is 12.3 Å². The van der Waals surface area contributed by atoms with Crippen LogP contribution in [0.5, 0.6) is 0 Å². The Hall–Kier alpha value is -1.62. The monoisotopic (exact) mass is 217 g/mol. The van der Waals surface area contributed by atoms with Gasteiger partial charge >= 0.3 is 0 Å². The predicted octanol–water partition coefficient (Wildman–Crippen LogP) is 0.778. The van der Waals surface area contributed by atoms with Crippen molar-refractivity contribution >= 4 is 11.3 Å². The van der Waals surface area contributed by atoms with Crippen LogP contribution in [-0.4, -0.2) is 27.7 Å². The molecule has 2 aromatic heterocycles. The van der Waals surface area contributed by atoms with Crippen LogP contribution < -0.4 is 11.1 Å². The number of nitrogen functional groups attached to an aromatic ring is 1. The van der Waals surface area contributed by atoms with Crippen molar-refractivity contribution < 1.29 is 0 Å². The van der Waals surface area contributed by atoms with Gasteiger partial charge in [-0.3, -0.25) is 0 Å². The van der Waals surface area contributed by atoms with Crippen LogP contribution >= 0.6 is 0 Å². The minimum atomic E-state index is 0.426. The lowest BCUT2D eigenvalue weighted by Gasteiger charge is -2.21. The van der Waals surface area contributed by atoms with Crippen LogP contribution in [0, 0.1) is 0 Å². The van der Waals surface area contributed by atoms with Crippen LogP contribution in [-0.2, 0) is 0 Å². The van der Waals surface area contributed by atoms with Crippen molar-refractivity contribution in [2.75, 3.05) is 18.8 Å². The molecule has 1 aliphatic rings. The van der Waals surface area contributed by atoms with E-state index < -0.39 is 0 Å². The Labute approximate surface area is 93.7 Å². The fraction of sp³-hybridized carbons (Fsp3) is 0.455. The van der Waals surface area contributed by atoms with Crippen molar-refractivity contribution in [3.63, 3.8) is 0 Å². The summed E-state index contributed by atoms with van der Waals surface area (Å²) in [5.74, 6) is 0.426. The zero-order valence-corrected chi connectivity index (χ0v) is 9.06. The number of aromatic nitrogens is 3. The third kappa shape index (κ3) is 1.44. The maximum atomic E-state index is 6.10. The first-order valence-corrected chi connectivity index (χ1v) is 5.65. The molecule has 3 heterocycles. The Morgan fingerprint density at radius 2 is 2.44 bits per heavy atom. The summed E-state index contributed by atoms with van der Waals surface area (Å²) in [6.45, 7) is 2.07. The fourth-order valence-electron chi connectivity index (χ4n) is 2.31. The summed E-state index contributed by atoms with van der Waals surface area (Å²) in [7, 11) is 0. The van der Waals surface area contributed by atoms with Crippen LogP contribution in [0.25, 0.3) is 5.65 Å². The summed E-state index contributed by atoms with van der Waals surface area (Å²) < 4.78 is 1.76. The van der Waals surface area contributed by atoms with E-state index in [0.29, 0.717) is 5.92 Å². The minimum absolute atomic E-state index is 0.426. The first kappa shape index (κ1) is 9.59. The molecule has 16 heavy (non-hydrogen) atoms. The highest BCUT2D eigenvalue weighted by Crippen LogP contribution is 2.28. The van der Waals surface area contributed by atoms with Crippen molar-refractivity contribution in [2.24, 2.45) is 0 Å². The standard InChI is InChI=1S/C11H15N5/c12-9-10(8-3-1-4-13-7-8)15-16-6-2-5-14-11(9)16/h2,5-6,8,13H,1,3-4,7,12H2. The topological polar surface area (TPSA) is 68.2 Å². The average molecular weight is 217 g/mol. The molecule has 5 nitrogen and oxygen atoms in total. The third-order valence-corrected chi connectivity index (χ3v) is 3.14. The van der Waals surface area contributed by atoms with Gasteiger partial charge in [0.2, 0.25) is 0 Å². The number of hydrogen-bond acceptors (Lipinski definition) is 4. The highest BCUT2D eigenvalue weighted by molar-refractivity contribution is 5.67. The number of anilines is 1. The smallest absolute Gasteiger partial charge is 0.178 e. The molecular formula is C11H15N5. The van der Waals surface area contributed by atoms with Crippen molar-refractivity contribution in [3.8, 4) is 0 Å². The van der Waals surface area contributed by atoms with Crippen LogP contribution in [0.2, 0.25) is 0 Å². The molecule has 0 bridgehead atoms. The molecule has 1 fully saturated rings. The highest BCUT2D eigenvalue weighted by Gasteiger charge is 2.22. The number of nitrogens with two attached hydrogens (primary N) is 1. The van der Waals surface area contributed by atoms with Gasteiger partial charge in [0, 0.05) is 24.9 Å². The van der Waals surface area contributed by atoms with Crippen molar-refractivity contribution in [1.29, 1.82) is 0 Å². The molecule has 84 valence electrons. The number of fused-ring (bicyclic) bond motifs is 1. The van der Waals surface area contributed by atoms with Gasteiger partial charge in [0.1, 0.15) is 5.69 Å². The van der Waals surface area contributed by atoms with Gasteiger partial charge in [-0.15, -0.1) is 0 Å². The van der Waals surface area contributed by atoms with Gasteiger partial charge in [-0.25, -0.2) is 9.50 Å². The van der Waals surface area contributed by atoms with Crippen LogP contribution in [0.15, 0.2) is 18.5 Å². The van der Waals surface area contributed by atoms with E-state index in [4.69, 9.17) is 5.73 Å². The molecule has 1 saturated heterocycles. The largest absolute Gasteiger partial charge is 0.394 e. The minimum Gasteiger partial charge on any atom is -0.394 e. The van der Waals surface area contributed by atoms with Gasteiger partial charge in [-0.2, -0.15) is 5.10 Å². The first-order chi connectivity index (χ1) is 7.86. The Bertz CT molecular complexity index is 498. The Kier molecular flexibility index (Phi) is 2.25. The molecule has 2 aromatic rings. The fourth-order valence-corrected chi connectivity index (χ4v) is 2.31. The number of nitrogens with zero attached hydrogens (tertiary/aromatic N) is 3. The van der Waals surface area contributed by atoms with E-state index in [1.165, 1.54) is 6.42 Å². The lowest BCUT2D eigenvalue weighted by Crippen LogP contribution is -2.28. The zero-order valence-electron chi connectivity index (χ0n) is 9.06. The number of piperidine rings is 1. The lowest BCUT2D eigenvalue weighted by molar-refractivity contribution is 0.454. The molecule has 0 aromatic carbocycles. The van der Waals surface area contributed by atoms with Gasteiger partial charge in [-0.1, -0.05) is 0 Å². The van der Waals surface area contributed by atoms with Gasteiger partial charge in [0.15, 0.2) is 5.65 Å². The Morgan fingerprint density at radius 3 is 3.19 bits per heavy atom. The summed E-state index contributed by atoms with van der Waals surface area (Å²) in [6, 6.07) is 1.86. The predicted molar refractivity (Wildman–Crippen MR) is 62.2 cm³/mol. The Balaban J connectivity index is 2.05. The van der Waals surface area contributed by atoms with Crippen molar-refractivity contribution in [3.05, 3.63) is 24.2 Å². The van der Waals surface area contributed by atoms with Gasteiger partial charge in [0.05, 0.1) is 5.69 Å². The second-order valence-corrected chi connectivity index (χ2v) is 4.23. The number of rotatable bonds is 1. The summed E-state index contributed by atoms with van der Waals surface area (Å²) in [4.78, 5) is 4.25.